The molecule has 3 rings (SSSR count). The highest BCUT2D eigenvalue weighted by atomic mass is 32.2. The third-order valence-electron chi connectivity index (χ3n) is 3.45. The second kappa shape index (κ2) is 8.95. The maximum Gasteiger partial charge on any atom is 0.321 e. The number of urea groups is 1. The van der Waals surface area contributed by atoms with Gasteiger partial charge in [0.05, 0.1) is 5.56 Å². The van der Waals surface area contributed by atoms with Crippen LogP contribution in [0.2, 0.25) is 0 Å². The molecule has 0 saturated heterocycles. The van der Waals surface area contributed by atoms with E-state index in [4.69, 9.17) is 4.42 Å². The Morgan fingerprint density at radius 1 is 1.15 bits per heavy atom. The molecule has 1 atom stereocenters. The Morgan fingerprint density at radius 2 is 1.96 bits per heavy atom. The van der Waals surface area contributed by atoms with Crippen LogP contribution in [-0.2, 0) is 4.79 Å². The molecule has 138 valence electrons. The number of amides is 3. The van der Waals surface area contributed by atoms with Gasteiger partial charge in [-0.2, -0.15) is 0 Å². The average molecular weight is 383 g/mol. The third-order valence-corrected chi connectivity index (χ3v) is 4.54. The van der Waals surface area contributed by atoms with E-state index in [1.165, 1.54) is 0 Å². The van der Waals surface area contributed by atoms with Gasteiger partial charge in [-0.25, -0.2) is 4.79 Å². The zero-order valence-electron chi connectivity index (χ0n) is 14.5. The number of pyridine rings is 1. The Balaban J connectivity index is 1.81. The van der Waals surface area contributed by atoms with E-state index in [1.807, 2.05) is 18.2 Å². The standard InChI is InChI=1S/C18H17N5O3S/c1-2-20-17(25)21-15(24)14(12-7-4-3-5-8-12)27-18-23-22-16(26-18)13-9-6-10-19-11-13/h3-11,14H,2H2,1H3,(H2,20,21,24,25). The summed E-state index contributed by atoms with van der Waals surface area (Å²) in [6.45, 7) is 2.19. The summed E-state index contributed by atoms with van der Waals surface area (Å²) in [6.07, 6.45) is 3.26. The lowest BCUT2D eigenvalue weighted by Gasteiger charge is -2.14. The summed E-state index contributed by atoms with van der Waals surface area (Å²) in [5, 5.41) is 12.3. The van der Waals surface area contributed by atoms with Crippen molar-refractivity contribution in [1.29, 1.82) is 0 Å². The van der Waals surface area contributed by atoms with Crippen molar-refractivity contribution in [3.8, 4) is 11.5 Å². The van der Waals surface area contributed by atoms with Crippen molar-refractivity contribution in [3.05, 3.63) is 60.4 Å². The van der Waals surface area contributed by atoms with Crippen molar-refractivity contribution in [1.82, 2.24) is 25.8 Å². The summed E-state index contributed by atoms with van der Waals surface area (Å²) in [5.74, 6) is -0.167. The van der Waals surface area contributed by atoms with E-state index < -0.39 is 17.2 Å². The third kappa shape index (κ3) is 4.91. The zero-order valence-corrected chi connectivity index (χ0v) is 15.3. The molecule has 0 aliphatic rings. The van der Waals surface area contributed by atoms with Crippen LogP contribution in [0.1, 0.15) is 17.7 Å². The molecule has 9 heteroatoms. The number of nitrogens with zero attached hydrogens (tertiary/aromatic N) is 3. The number of thioether (sulfide) groups is 1. The Hall–Kier alpha value is -3.20. The molecule has 0 aliphatic carbocycles. The van der Waals surface area contributed by atoms with E-state index in [-0.39, 0.29) is 5.22 Å². The summed E-state index contributed by atoms with van der Waals surface area (Å²) in [6, 6.07) is 12.1. The fourth-order valence-corrected chi connectivity index (χ4v) is 3.12. The fourth-order valence-electron chi connectivity index (χ4n) is 2.25. The smallest absolute Gasteiger partial charge is 0.321 e. The molecule has 2 heterocycles. The minimum absolute atomic E-state index is 0.216. The molecule has 27 heavy (non-hydrogen) atoms. The Morgan fingerprint density at radius 3 is 2.67 bits per heavy atom. The second-order valence-corrected chi connectivity index (χ2v) is 6.43. The summed E-state index contributed by atoms with van der Waals surface area (Å²) in [7, 11) is 0. The zero-order chi connectivity index (χ0) is 19.1. The molecule has 8 nitrogen and oxygen atoms in total. The molecule has 2 aromatic heterocycles. The van der Waals surface area contributed by atoms with Gasteiger partial charge in [-0.05, 0) is 36.4 Å². The second-order valence-electron chi connectivity index (χ2n) is 5.37. The van der Waals surface area contributed by atoms with Crippen LogP contribution in [0.3, 0.4) is 0 Å². The van der Waals surface area contributed by atoms with Gasteiger partial charge >= 0.3 is 6.03 Å². The average Bonchev–Trinajstić information content (AvgIpc) is 3.16. The predicted octanol–water partition coefficient (Wildman–Crippen LogP) is 2.81. The monoisotopic (exact) mass is 383 g/mol. The van der Waals surface area contributed by atoms with Crippen LogP contribution in [0.5, 0.6) is 0 Å². The van der Waals surface area contributed by atoms with Crippen molar-refractivity contribution in [2.45, 2.75) is 17.4 Å². The van der Waals surface area contributed by atoms with Crippen LogP contribution >= 0.6 is 11.8 Å². The van der Waals surface area contributed by atoms with Crippen molar-refractivity contribution in [2.75, 3.05) is 6.54 Å². The van der Waals surface area contributed by atoms with E-state index in [0.717, 1.165) is 11.8 Å². The highest BCUT2D eigenvalue weighted by Crippen LogP contribution is 2.35. The largest absolute Gasteiger partial charge is 0.411 e. The summed E-state index contributed by atoms with van der Waals surface area (Å²) < 4.78 is 5.64. The van der Waals surface area contributed by atoms with Crippen LogP contribution in [0, 0.1) is 0 Å². The SMILES string of the molecule is CCNC(=O)NC(=O)C(Sc1nnc(-c2cccnc2)o1)c1ccccc1. The number of benzene rings is 1. The van der Waals surface area contributed by atoms with Gasteiger partial charge in [-0.1, -0.05) is 30.3 Å². The van der Waals surface area contributed by atoms with Crippen LogP contribution in [0.25, 0.3) is 11.5 Å². The number of aromatic nitrogens is 3. The number of hydrogen-bond donors (Lipinski definition) is 2. The number of rotatable bonds is 6. The van der Waals surface area contributed by atoms with Gasteiger partial charge in [0, 0.05) is 18.9 Å². The fraction of sp³-hybridized carbons (Fsp3) is 0.167. The molecule has 0 radical (unpaired) electrons. The Bertz CT molecular complexity index is 902. The number of carbonyl (C=O) groups excluding carboxylic acids is 2. The topological polar surface area (TPSA) is 110 Å². The minimum atomic E-state index is -0.726. The van der Waals surface area contributed by atoms with E-state index >= 15 is 0 Å². The lowest BCUT2D eigenvalue weighted by Crippen LogP contribution is -2.41. The van der Waals surface area contributed by atoms with Crippen LogP contribution in [-0.4, -0.2) is 33.7 Å². The molecule has 1 aromatic carbocycles. The molecular formula is C18H17N5O3S. The first kappa shape index (κ1) is 18.6. The lowest BCUT2D eigenvalue weighted by atomic mass is 10.1. The number of carbonyl (C=O) groups is 2. The first-order valence-electron chi connectivity index (χ1n) is 8.21. The van der Waals surface area contributed by atoms with Crippen LogP contribution in [0.15, 0.2) is 64.5 Å². The molecular weight excluding hydrogens is 366 g/mol. The van der Waals surface area contributed by atoms with Gasteiger partial charge in [0.25, 0.3) is 5.22 Å². The first-order valence-corrected chi connectivity index (χ1v) is 9.09. The van der Waals surface area contributed by atoms with Gasteiger partial charge in [0.15, 0.2) is 0 Å². The maximum atomic E-state index is 12.6. The van der Waals surface area contributed by atoms with E-state index in [1.54, 1.807) is 43.6 Å². The quantitative estimate of drug-likeness (QED) is 0.630. The first-order chi connectivity index (χ1) is 13.2. The van der Waals surface area contributed by atoms with Crippen molar-refractivity contribution >= 4 is 23.7 Å². The molecule has 0 bridgehead atoms. The lowest BCUT2D eigenvalue weighted by molar-refractivity contribution is -0.119. The number of nitrogens with one attached hydrogen (secondary N) is 2. The van der Waals surface area contributed by atoms with Gasteiger partial charge < -0.3 is 9.73 Å². The molecule has 2 N–H and O–H groups in total. The molecule has 0 spiro atoms. The number of hydrogen-bond acceptors (Lipinski definition) is 7. The summed E-state index contributed by atoms with van der Waals surface area (Å²) in [4.78, 5) is 28.4. The van der Waals surface area contributed by atoms with Gasteiger partial charge in [0.1, 0.15) is 5.25 Å². The normalized spacial score (nSPS) is 11.6. The molecule has 3 aromatic rings. The summed E-state index contributed by atoms with van der Waals surface area (Å²) in [5.41, 5.74) is 1.39. The van der Waals surface area contributed by atoms with Crippen molar-refractivity contribution < 1.29 is 14.0 Å². The van der Waals surface area contributed by atoms with Crippen LogP contribution in [0.4, 0.5) is 4.79 Å². The van der Waals surface area contributed by atoms with Gasteiger partial charge in [0.2, 0.25) is 11.8 Å². The highest BCUT2D eigenvalue weighted by Gasteiger charge is 2.26. The van der Waals surface area contributed by atoms with Crippen molar-refractivity contribution in [3.63, 3.8) is 0 Å². The van der Waals surface area contributed by atoms with E-state index in [0.29, 0.717) is 23.6 Å². The number of imide groups is 1. The van der Waals surface area contributed by atoms with Gasteiger partial charge in [-0.15, -0.1) is 10.2 Å². The van der Waals surface area contributed by atoms with Crippen LogP contribution < -0.4 is 10.6 Å². The molecule has 1 unspecified atom stereocenters. The molecule has 0 aliphatic heterocycles. The van der Waals surface area contributed by atoms with E-state index in [2.05, 4.69) is 25.8 Å². The van der Waals surface area contributed by atoms with Gasteiger partial charge in [-0.3, -0.25) is 15.1 Å². The maximum absolute atomic E-state index is 12.6. The molecule has 0 saturated carbocycles. The predicted molar refractivity (Wildman–Crippen MR) is 99.8 cm³/mol. The Kier molecular flexibility index (Phi) is 6.16. The molecule has 0 fully saturated rings. The van der Waals surface area contributed by atoms with Crippen molar-refractivity contribution in [2.24, 2.45) is 0 Å². The molecule has 3 amide bonds. The van der Waals surface area contributed by atoms with E-state index in [9.17, 15) is 9.59 Å². The highest BCUT2D eigenvalue weighted by molar-refractivity contribution is 8.00. The Labute approximate surface area is 159 Å². The minimum Gasteiger partial charge on any atom is -0.411 e. The summed E-state index contributed by atoms with van der Waals surface area (Å²) >= 11 is 1.07.